The maximum atomic E-state index is 12.0. The fourth-order valence-electron chi connectivity index (χ4n) is 2.01. The average molecular weight is 288 g/mol. The lowest BCUT2D eigenvalue weighted by molar-refractivity contribution is 0.0681. The Balaban J connectivity index is 2.94. The summed E-state index contributed by atoms with van der Waals surface area (Å²) in [5, 5.41) is 9.30. The summed E-state index contributed by atoms with van der Waals surface area (Å²) in [5.74, 6) is -2.25. The van der Waals surface area contributed by atoms with Crippen molar-refractivity contribution in [2.75, 3.05) is 0 Å². The predicted molar refractivity (Wildman–Crippen MR) is 74.4 cm³/mol. The van der Waals surface area contributed by atoms with Crippen LogP contribution in [0.25, 0.3) is 5.69 Å². The molecule has 2 rings (SSSR count). The number of rotatable bonds is 3. The van der Waals surface area contributed by atoms with Gasteiger partial charge < -0.3 is 5.11 Å². The van der Waals surface area contributed by atoms with E-state index in [0.717, 1.165) is 17.1 Å². The molecule has 1 aromatic heterocycles. The van der Waals surface area contributed by atoms with Gasteiger partial charge in [0.15, 0.2) is 11.5 Å². The molecule has 2 aromatic rings. The zero-order valence-corrected chi connectivity index (χ0v) is 11.3. The van der Waals surface area contributed by atoms with Gasteiger partial charge in [-0.2, -0.15) is 0 Å². The minimum Gasteiger partial charge on any atom is -0.477 e. The number of aromatic nitrogens is 2. The van der Waals surface area contributed by atoms with Crippen molar-refractivity contribution in [3.8, 4) is 5.69 Å². The number of carboxylic acid groups (broad SMARTS) is 1. The summed E-state index contributed by atoms with van der Waals surface area (Å²) < 4.78 is 0.805. The number of ketones is 1. The van der Waals surface area contributed by atoms with Crippen LogP contribution in [0.3, 0.4) is 0 Å². The van der Waals surface area contributed by atoms with Crippen LogP contribution < -0.4 is 11.2 Å². The molecule has 21 heavy (non-hydrogen) atoms. The third kappa shape index (κ3) is 2.53. The minimum absolute atomic E-state index is 0.252. The Morgan fingerprint density at radius 1 is 1.14 bits per heavy atom. The van der Waals surface area contributed by atoms with Gasteiger partial charge in [0.05, 0.1) is 5.69 Å². The van der Waals surface area contributed by atoms with Crippen LogP contribution in [0.1, 0.15) is 33.3 Å². The maximum Gasteiger partial charge on any atom is 0.354 e. The molecule has 0 aliphatic rings. The van der Waals surface area contributed by atoms with Gasteiger partial charge in [0, 0.05) is 0 Å². The van der Waals surface area contributed by atoms with Crippen molar-refractivity contribution in [3.63, 3.8) is 0 Å². The third-order valence-corrected chi connectivity index (χ3v) is 2.96. The van der Waals surface area contributed by atoms with E-state index >= 15 is 0 Å². The molecule has 1 aromatic carbocycles. The molecular weight excluding hydrogens is 276 g/mol. The largest absolute Gasteiger partial charge is 0.477 e. The number of H-pyrrole nitrogens is 1. The molecule has 7 nitrogen and oxygen atoms in total. The van der Waals surface area contributed by atoms with E-state index in [2.05, 4.69) is 0 Å². The highest BCUT2D eigenvalue weighted by molar-refractivity contribution is 6.03. The number of aromatic carboxylic acids is 1. The molecule has 108 valence electrons. The molecule has 0 bridgehead atoms. The lowest BCUT2D eigenvalue weighted by Crippen LogP contribution is -2.37. The zero-order chi connectivity index (χ0) is 15.7. The lowest BCUT2D eigenvalue weighted by Gasteiger charge is -2.12. The number of carbonyl (C=O) groups excluding carboxylic acids is 1. The van der Waals surface area contributed by atoms with Crippen LogP contribution in [0, 0.1) is 6.92 Å². The second-order valence-electron chi connectivity index (χ2n) is 4.52. The maximum absolute atomic E-state index is 12.0. The molecule has 1 heterocycles. The highest BCUT2D eigenvalue weighted by Gasteiger charge is 2.24. The third-order valence-electron chi connectivity index (χ3n) is 2.96. The first-order chi connectivity index (χ1) is 9.82. The van der Waals surface area contributed by atoms with E-state index < -0.39 is 34.3 Å². The van der Waals surface area contributed by atoms with Gasteiger partial charge in [0.25, 0.3) is 5.56 Å². The molecule has 2 N–H and O–H groups in total. The van der Waals surface area contributed by atoms with Crippen LogP contribution in [-0.4, -0.2) is 26.4 Å². The monoisotopic (exact) mass is 288 g/mol. The predicted octanol–water partition coefficient (Wildman–Crippen LogP) is 0.735. The summed E-state index contributed by atoms with van der Waals surface area (Å²) in [7, 11) is 0. The lowest BCUT2D eigenvalue weighted by atomic mass is 10.1. The van der Waals surface area contributed by atoms with E-state index in [4.69, 9.17) is 0 Å². The van der Waals surface area contributed by atoms with E-state index in [1.807, 2.05) is 11.9 Å². The molecule has 0 spiro atoms. The fraction of sp³-hybridized carbons (Fsp3) is 0.143. The van der Waals surface area contributed by atoms with Gasteiger partial charge in [-0.1, -0.05) is 17.7 Å². The zero-order valence-electron chi connectivity index (χ0n) is 11.3. The first-order valence-electron chi connectivity index (χ1n) is 6.03. The second kappa shape index (κ2) is 5.20. The number of nitrogens with one attached hydrogen (secondary N) is 1. The number of aryl methyl sites for hydroxylation is 1. The van der Waals surface area contributed by atoms with E-state index in [-0.39, 0.29) is 5.69 Å². The van der Waals surface area contributed by atoms with Crippen molar-refractivity contribution in [2.24, 2.45) is 0 Å². The molecular formula is C14H12N2O5. The molecule has 0 saturated carbocycles. The van der Waals surface area contributed by atoms with E-state index in [1.54, 1.807) is 12.1 Å². The van der Waals surface area contributed by atoms with Gasteiger partial charge in [-0.05, 0) is 26.0 Å². The Labute approximate surface area is 118 Å². The van der Waals surface area contributed by atoms with Gasteiger partial charge in [0.2, 0.25) is 0 Å². The number of benzene rings is 1. The first-order valence-corrected chi connectivity index (χ1v) is 6.03. The smallest absolute Gasteiger partial charge is 0.354 e. The molecule has 0 aliphatic carbocycles. The molecule has 0 atom stereocenters. The van der Waals surface area contributed by atoms with Crippen molar-refractivity contribution in [3.05, 3.63) is 61.9 Å². The number of aromatic amines is 1. The molecule has 0 saturated heterocycles. The summed E-state index contributed by atoms with van der Waals surface area (Å²) >= 11 is 0. The molecule has 0 fully saturated rings. The van der Waals surface area contributed by atoms with Crippen LogP contribution in [0.5, 0.6) is 0 Å². The Hall–Kier alpha value is -2.96. The van der Waals surface area contributed by atoms with Crippen LogP contribution in [0.2, 0.25) is 0 Å². The standard InChI is InChI=1S/C14H12N2O5/c1-7-3-5-9(6-4-7)16-11(13(19)20)10(8(2)17)12(18)15-14(16)21/h3-6H,1-2H3,(H,19,20)(H,15,18,21). The first kappa shape index (κ1) is 14.4. The number of hydrogen-bond donors (Lipinski definition) is 2. The van der Waals surface area contributed by atoms with Crippen LogP contribution in [-0.2, 0) is 0 Å². The van der Waals surface area contributed by atoms with Crippen molar-refractivity contribution >= 4 is 11.8 Å². The Morgan fingerprint density at radius 2 is 1.71 bits per heavy atom. The second-order valence-corrected chi connectivity index (χ2v) is 4.52. The van der Waals surface area contributed by atoms with Gasteiger partial charge in [-0.3, -0.25) is 19.1 Å². The Morgan fingerprint density at radius 3 is 2.19 bits per heavy atom. The van der Waals surface area contributed by atoms with Crippen molar-refractivity contribution in [1.29, 1.82) is 0 Å². The van der Waals surface area contributed by atoms with E-state index in [1.165, 1.54) is 12.1 Å². The number of nitrogens with zero attached hydrogens (tertiary/aromatic N) is 1. The van der Waals surface area contributed by atoms with Gasteiger partial charge in [-0.15, -0.1) is 0 Å². The molecule has 0 amide bonds. The molecule has 7 heteroatoms. The van der Waals surface area contributed by atoms with Crippen molar-refractivity contribution in [1.82, 2.24) is 9.55 Å². The van der Waals surface area contributed by atoms with E-state index in [9.17, 15) is 24.3 Å². The molecule has 0 radical (unpaired) electrons. The van der Waals surface area contributed by atoms with Crippen LogP contribution >= 0.6 is 0 Å². The number of carbonyl (C=O) groups is 2. The Kier molecular flexibility index (Phi) is 3.58. The van der Waals surface area contributed by atoms with Crippen LogP contribution in [0.15, 0.2) is 33.9 Å². The summed E-state index contributed by atoms with van der Waals surface area (Å²) in [6.45, 7) is 2.90. The summed E-state index contributed by atoms with van der Waals surface area (Å²) in [4.78, 5) is 48.6. The van der Waals surface area contributed by atoms with Crippen LogP contribution in [0.4, 0.5) is 0 Å². The number of Topliss-reactive ketones (excluding diaryl/α,β-unsaturated/α-hetero) is 1. The number of carboxylic acids is 1. The highest BCUT2D eigenvalue weighted by Crippen LogP contribution is 2.12. The molecule has 0 aliphatic heterocycles. The Bertz CT molecular complexity index is 843. The highest BCUT2D eigenvalue weighted by atomic mass is 16.4. The summed E-state index contributed by atoms with van der Waals surface area (Å²) in [6.07, 6.45) is 0. The fourth-order valence-corrected chi connectivity index (χ4v) is 2.01. The topological polar surface area (TPSA) is 109 Å². The van der Waals surface area contributed by atoms with Crippen molar-refractivity contribution in [2.45, 2.75) is 13.8 Å². The van der Waals surface area contributed by atoms with Crippen molar-refractivity contribution < 1.29 is 14.7 Å². The summed E-state index contributed by atoms with van der Waals surface area (Å²) in [6, 6.07) is 6.44. The molecule has 0 unspecified atom stereocenters. The van der Waals surface area contributed by atoms with Gasteiger partial charge in [0.1, 0.15) is 5.56 Å². The average Bonchev–Trinajstić information content (AvgIpc) is 2.38. The SMILES string of the molecule is CC(=O)c1c(C(=O)O)n(-c2ccc(C)cc2)c(=O)[nH]c1=O. The van der Waals surface area contributed by atoms with Gasteiger partial charge in [-0.25, -0.2) is 9.59 Å². The van der Waals surface area contributed by atoms with Gasteiger partial charge >= 0.3 is 11.7 Å². The minimum atomic E-state index is -1.52. The van der Waals surface area contributed by atoms with E-state index in [0.29, 0.717) is 0 Å². The number of hydrogen-bond acceptors (Lipinski definition) is 4. The summed E-state index contributed by atoms with van der Waals surface area (Å²) in [5.41, 5.74) is -1.94. The normalized spacial score (nSPS) is 10.4. The quantitative estimate of drug-likeness (QED) is 0.809.